The fourth-order valence-corrected chi connectivity index (χ4v) is 1.96. The van der Waals surface area contributed by atoms with Crippen molar-refractivity contribution in [3.8, 4) is 6.07 Å². The normalized spacial score (nSPS) is 14.4. The van der Waals surface area contributed by atoms with E-state index >= 15 is 0 Å². The number of nitriles is 1. The van der Waals surface area contributed by atoms with Crippen LogP contribution in [0.4, 0.5) is 5.69 Å². The van der Waals surface area contributed by atoms with Crippen molar-refractivity contribution in [2.75, 3.05) is 18.1 Å². The van der Waals surface area contributed by atoms with Crippen molar-refractivity contribution in [2.45, 2.75) is 12.8 Å². The lowest BCUT2D eigenvalue weighted by atomic mass is 10.1. The van der Waals surface area contributed by atoms with E-state index in [1.807, 2.05) is 0 Å². The molecule has 1 heterocycles. The second-order valence-corrected chi connectivity index (χ2v) is 3.90. The van der Waals surface area contributed by atoms with Crippen LogP contribution in [0, 0.1) is 11.3 Å². The molecule has 5 heteroatoms. The van der Waals surface area contributed by atoms with E-state index in [2.05, 4.69) is 0 Å². The maximum atomic E-state index is 11.8. The molecular weight excluding hydrogens is 232 g/mol. The van der Waals surface area contributed by atoms with Crippen LogP contribution in [-0.4, -0.2) is 25.0 Å². The summed E-state index contributed by atoms with van der Waals surface area (Å²) in [6.07, 6.45) is 1.29. The van der Waals surface area contributed by atoms with Crippen molar-refractivity contribution in [1.82, 2.24) is 0 Å². The molecule has 0 bridgehead atoms. The number of benzene rings is 1. The number of carbonyl (C=O) groups excluding carboxylic acids is 2. The summed E-state index contributed by atoms with van der Waals surface area (Å²) in [5, 5.41) is 8.39. The average molecular weight is 244 g/mol. The molecule has 1 aliphatic rings. The van der Waals surface area contributed by atoms with E-state index in [4.69, 9.17) is 10.00 Å². The number of esters is 1. The molecule has 0 saturated carbocycles. The number of amides is 1. The highest BCUT2D eigenvalue weighted by Crippen LogP contribution is 2.25. The van der Waals surface area contributed by atoms with Crippen molar-refractivity contribution in [1.29, 1.82) is 5.26 Å². The lowest BCUT2D eigenvalue weighted by molar-refractivity contribution is -0.117. The number of rotatable bonds is 3. The Morgan fingerprint density at radius 2 is 2.22 bits per heavy atom. The third-order valence-electron chi connectivity index (χ3n) is 2.76. The number of anilines is 1. The van der Waals surface area contributed by atoms with Gasteiger partial charge in [0.05, 0.1) is 11.3 Å². The summed E-state index contributed by atoms with van der Waals surface area (Å²) in [7, 11) is 0. The average Bonchev–Trinajstić information content (AvgIpc) is 2.82. The van der Waals surface area contributed by atoms with Crippen LogP contribution >= 0.6 is 0 Å². The molecule has 5 nitrogen and oxygen atoms in total. The first-order valence-electron chi connectivity index (χ1n) is 5.67. The number of para-hydroxylation sites is 1. The summed E-state index contributed by atoms with van der Waals surface area (Å²) >= 11 is 0. The van der Waals surface area contributed by atoms with Crippen LogP contribution in [0.15, 0.2) is 24.3 Å². The predicted octanol–water partition coefficient (Wildman–Crippen LogP) is 1.49. The van der Waals surface area contributed by atoms with E-state index in [-0.39, 0.29) is 12.5 Å². The minimum atomic E-state index is -0.577. The Balaban J connectivity index is 2.28. The molecule has 1 aliphatic heterocycles. The summed E-state index contributed by atoms with van der Waals surface area (Å²) in [5.74, 6) is -0.567. The minimum Gasteiger partial charge on any atom is -0.447 e. The number of ether oxygens (including phenoxy) is 1. The standard InChI is InChI=1S/C13H12N2O3/c14-7-9-18-13(17)10-4-1-2-5-11(10)15-8-3-6-12(15)16/h1-2,4-5H,3,6,8-9H2. The van der Waals surface area contributed by atoms with Gasteiger partial charge in [-0.25, -0.2) is 4.79 Å². The quantitative estimate of drug-likeness (QED) is 0.755. The molecule has 0 N–H and O–H groups in total. The Bertz CT molecular complexity index is 519. The molecular formula is C13H12N2O3. The van der Waals surface area contributed by atoms with Crippen LogP contribution in [0.25, 0.3) is 0 Å². The monoisotopic (exact) mass is 244 g/mol. The first kappa shape index (κ1) is 12.1. The van der Waals surface area contributed by atoms with Gasteiger partial charge in [-0.15, -0.1) is 0 Å². The van der Waals surface area contributed by atoms with Gasteiger partial charge in [0.15, 0.2) is 6.61 Å². The van der Waals surface area contributed by atoms with E-state index in [0.29, 0.717) is 24.2 Å². The topological polar surface area (TPSA) is 70.4 Å². The molecule has 1 aromatic rings. The molecule has 2 rings (SSSR count). The Morgan fingerprint density at radius 3 is 2.89 bits per heavy atom. The second kappa shape index (κ2) is 5.32. The van der Waals surface area contributed by atoms with Gasteiger partial charge in [-0.2, -0.15) is 5.26 Å². The van der Waals surface area contributed by atoms with Crippen LogP contribution < -0.4 is 4.90 Å². The van der Waals surface area contributed by atoms with Crippen LogP contribution in [-0.2, 0) is 9.53 Å². The third kappa shape index (κ3) is 2.33. The Hall–Kier alpha value is -2.35. The molecule has 0 unspecified atom stereocenters. The molecule has 0 spiro atoms. The van der Waals surface area contributed by atoms with Gasteiger partial charge in [0.2, 0.25) is 5.91 Å². The molecule has 1 aromatic carbocycles. The number of hydrogen-bond acceptors (Lipinski definition) is 4. The van der Waals surface area contributed by atoms with E-state index < -0.39 is 5.97 Å². The highest BCUT2D eigenvalue weighted by atomic mass is 16.5. The Kier molecular flexibility index (Phi) is 3.58. The van der Waals surface area contributed by atoms with Gasteiger partial charge in [0, 0.05) is 13.0 Å². The summed E-state index contributed by atoms with van der Waals surface area (Å²) < 4.78 is 4.77. The lowest BCUT2D eigenvalue weighted by Crippen LogP contribution is -2.26. The van der Waals surface area contributed by atoms with Crippen LogP contribution in [0.3, 0.4) is 0 Å². The van der Waals surface area contributed by atoms with Crippen LogP contribution in [0.2, 0.25) is 0 Å². The molecule has 1 fully saturated rings. The van der Waals surface area contributed by atoms with E-state index in [1.165, 1.54) is 0 Å². The van der Waals surface area contributed by atoms with E-state index in [0.717, 1.165) is 6.42 Å². The van der Waals surface area contributed by atoms with Crippen LogP contribution in [0.1, 0.15) is 23.2 Å². The number of hydrogen-bond donors (Lipinski definition) is 0. The van der Waals surface area contributed by atoms with Crippen molar-refractivity contribution in [3.63, 3.8) is 0 Å². The molecule has 0 aliphatic carbocycles. The van der Waals surface area contributed by atoms with Crippen molar-refractivity contribution in [2.24, 2.45) is 0 Å². The van der Waals surface area contributed by atoms with Gasteiger partial charge in [-0.3, -0.25) is 4.79 Å². The molecule has 0 radical (unpaired) electrons. The summed E-state index contributed by atoms with van der Waals surface area (Å²) in [6.45, 7) is 0.322. The maximum Gasteiger partial charge on any atom is 0.341 e. The lowest BCUT2D eigenvalue weighted by Gasteiger charge is -2.18. The smallest absolute Gasteiger partial charge is 0.341 e. The minimum absolute atomic E-state index is 0.00975. The maximum absolute atomic E-state index is 11.8. The molecule has 18 heavy (non-hydrogen) atoms. The first-order valence-corrected chi connectivity index (χ1v) is 5.67. The second-order valence-electron chi connectivity index (χ2n) is 3.90. The van der Waals surface area contributed by atoms with Crippen molar-refractivity contribution in [3.05, 3.63) is 29.8 Å². The molecule has 0 atom stereocenters. The van der Waals surface area contributed by atoms with Gasteiger partial charge in [0.1, 0.15) is 6.07 Å². The number of nitrogens with zero attached hydrogens (tertiary/aromatic N) is 2. The Morgan fingerprint density at radius 1 is 1.44 bits per heavy atom. The van der Waals surface area contributed by atoms with E-state index in [1.54, 1.807) is 35.2 Å². The van der Waals surface area contributed by atoms with Gasteiger partial charge in [0.25, 0.3) is 0 Å². The Labute approximate surface area is 105 Å². The highest BCUT2D eigenvalue weighted by molar-refractivity contribution is 6.03. The molecule has 92 valence electrons. The largest absolute Gasteiger partial charge is 0.447 e. The zero-order valence-corrected chi connectivity index (χ0v) is 9.76. The molecule has 1 amide bonds. The predicted molar refractivity (Wildman–Crippen MR) is 63.9 cm³/mol. The fourth-order valence-electron chi connectivity index (χ4n) is 1.96. The van der Waals surface area contributed by atoms with Crippen LogP contribution in [0.5, 0.6) is 0 Å². The van der Waals surface area contributed by atoms with Gasteiger partial charge >= 0.3 is 5.97 Å². The zero-order valence-electron chi connectivity index (χ0n) is 9.76. The summed E-state index contributed by atoms with van der Waals surface area (Å²) in [4.78, 5) is 25.0. The van der Waals surface area contributed by atoms with Gasteiger partial charge < -0.3 is 9.64 Å². The molecule has 1 saturated heterocycles. The summed E-state index contributed by atoms with van der Waals surface area (Å²) in [5.41, 5.74) is 0.880. The SMILES string of the molecule is N#CCOC(=O)c1ccccc1N1CCCC1=O. The van der Waals surface area contributed by atoms with Crippen molar-refractivity contribution < 1.29 is 14.3 Å². The first-order chi connectivity index (χ1) is 8.74. The highest BCUT2D eigenvalue weighted by Gasteiger charge is 2.25. The third-order valence-corrected chi connectivity index (χ3v) is 2.76. The van der Waals surface area contributed by atoms with Gasteiger partial charge in [-0.1, -0.05) is 12.1 Å². The molecule has 0 aromatic heterocycles. The fraction of sp³-hybridized carbons (Fsp3) is 0.308. The number of carbonyl (C=O) groups is 2. The zero-order chi connectivity index (χ0) is 13.0. The van der Waals surface area contributed by atoms with Gasteiger partial charge in [-0.05, 0) is 18.6 Å². The van der Waals surface area contributed by atoms with Crippen molar-refractivity contribution >= 4 is 17.6 Å². The summed E-state index contributed by atoms with van der Waals surface area (Å²) in [6, 6.07) is 8.52. The van der Waals surface area contributed by atoms with E-state index in [9.17, 15) is 9.59 Å².